The lowest BCUT2D eigenvalue weighted by atomic mass is 10.2. The minimum atomic E-state index is 0.0364. The summed E-state index contributed by atoms with van der Waals surface area (Å²) in [7, 11) is 0. The fourth-order valence-electron chi connectivity index (χ4n) is 3.81. The van der Waals surface area contributed by atoms with Crippen LogP contribution in [-0.2, 0) is 11.2 Å². The molecule has 0 spiro atoms. The Hall–Kier alpha value is -2.63. The smallest absolute Gasteiger partial charge is 0.223 e. The topological polar surface area (TPSA) is 58.6 Å². The Morgan fingerprint density at radius 3 is 2.74 bits per heavy atom. The van der Waals surface area contributed by atoms with Gasteiger partial charge in [0.05, 0.1) is 6.54 Å². The Bertz CT molecular complexity index is 762. The van der Waals surface area contributed by atoms with Gasteiger partial charge in [0.25, 0.3) is 0 Å². The summed E-state index contributed by atoms with van der Waals surface area (Å²) in [5.74, 6) is 1.96. The highest BCUT2D eigenvalue weighted by atomic mass is 16.5. The van der Waals surface area contributed by atoms with E-state index in [2.05, 4.69) is 14.9 Å². The van der Waals surface area contributed by atoms with Crippen LogP contribution < -0.4 is 9.64 Å². The molecule has 1 unspecified atom stereocenters. The molecule has 2 aromatic rings. The SMILES string of the molecule is O=C(CCc1ccccn1)N1CCC(Oc2cccnc2N2CCCC2)C1. The summed E-state index contributed by atoms with van der Waals surface area (Å²) in [5, 5.41) is 0. The first-order valence-electron chi connectivity index (χ1n) is 9.84. The van der Waals surface area contributed by atoms with Crippen LogP contribution in [-0.4, -0.2) is 53.1 Å². The van der Waals surface area contributed by atoms with E-state index in [1.807, 2.05) is 41.4 Å². The quantitative estimate of drug-likeness (QED) is 0.787. The van der Waals surface area contributed by atoms with Gasteiger partial charge in [-0.05, 0) is 43.5 Å². The van der Waals surface area contributed by atoms with Crippen molar-refractivity contribution in [1.29, 1.82) is 0 Å². The van der Waals surface area contributed by atoms with Crippen molar-refractivity contribution in [2.45, 2.75) is 38.2 Å². The number of amides is 1. The number of aryl methyl sites for hydroxylation is 1. The van der Waals surface area contributed by atoms with E-state index in [1.165, 1.54) is 12.8 Å². The van der Waals surface area contributed by atoms with Crippen LogP contribution in [0.5, 0.6) is 5.75 Å². The highest BCUT2D eigenvalue weighted by Crippen LogP contribution is 2.30. The van der Waals surface area contributed by atoms with Crippen LogP contribution in [0.2, 0.25) is 0 Å². The van der Waals surface area contributed by atoms with Gasteiger partial charge in [0, 0.05) is 50.6 Å². The summed E-state index contributed by atoms with van der Waals surface area (Å²) < 4.78 is 6.25. The van der Waals surface area contributed by atoms with Gasteiger partial charge in [-0.1, -0.05) is 6.07 Å². The van der Waals surface area contributed by atoms with Gasteiger partial charge in [0.2, 0.25) is 5.91 Å². The Morgan fingerprint density at radius 1 is 1.07 bits per heavy atom. The number of aromatic nitrogens is 2. The first kappa shape index (κ1) is 17.8. The molecular formula is C21H26N4O2. The Morgan fingerprint density at radius 2 is 1.93 bits per heavy atom. The molecule has 0 aromatic carbocycles. The lowest BCUT2D eigenvalue weighted by Gasteiger charge is -2.22. The van der Waals surface area contributed by atoms with Crippen molar-refractivity contribution in [1.82, 2.24) is 14.9 Å². The van der Waals surface area contributed by atoms with E-state index in [1.54, 1.807) is 6.20 Å². The number of nitrogens with zero attached hydrogens (tertiary/aromatic N) is 4. The third kappa shape index (κ3) is 4.38. The minimum Gasteiger partial charge on any atom is -0.485 e. The van der Waals surface area contributed by atoms with Gasteiger partial charge in [-0.2, -0.15) is 0 Å². The molecule has 2 aromatic heterocycles. The average Bonchev–Trinajstić information content (AvgIpc) is 3.40. The maximum absolute atomic E-state index is 12.5. The molecule has 6 nitrogen and oxygen atoms in total. The van der Waals surface area contributed by atoms with Gasteiger partial charge >= 0.3 is 0 Å². The van der Waals surface area contributed by atoms with Gasteiger partial charge in [0.15, 0.2) is 11.6 Å². The van der Waals surface area contributed by atoms with Crippen LogP contribution in [0.15, 0.2) is 42.7 Å². The second-order valence-corrected chi connectivity index (χ2v) is 7.21. The fourth-order valence-corrected chi connectivity index (χ4v) is 3.81. The minimum absolute atomic E-state index is 0.0364. The predicted molar refractivity (Wildman–Crippen MR) is 104 cm³/mol. The lowest BCUT2D eigenvalue weighted by molar-refractivity contribution is -0.130. The molecule has 4 heterocycles. The summed E-state index contributed by atoms with van der Waals surface area (Å²) in [5.41, 5.74) is 0.962. The van der Waals surface area contributed by atoms with Gasteiger partial charge in [-0.3, -0.25) is 9.78 Å². The van der Waals surface area contributed by atoms with Crippen molar-refractivity contribution >= 4 is 11.7 Å². The second-order valence-electron chi connectivity index (χ2n) is 7.21. The molecule has 1 atom stereocenters. The summed E-state index contributed by atoms with van der Waals surface area (Å²) in [6.07, 6.45) is 8.08. The van der Waals surface area contributed by atoms with E-state index in [0.717, 1.165) is 43.3 Å². The van der Waals surface area contributed by atoms with Crippen LogP contribution in [0.1, 0.15) is 31.4 Å². The van der Waals surface area contributed by atoms with Gasteiger partial charge < -0.3 is 14.5 Å². The number of hydrogen-bond acceptors (Lipinski definition) is 5. The molecule has 0 aliphatic carbocycles. The van der Waals surface area contributed by atoms with Crippen molar-refractivity contribution in [3.05, 3.63) is 48.4 Å². The summed E-state index contributed by atoms with van der Waals surface area (Å²) in [6.45, 7) is 3.48. The highest BCUT2D eigenvalue weighted by molar-refractivity contribution is 5.76. The highest BCUT2D eigenvalue weighted by Gasteiger charge is 2.28. The van der Waals surface area contributed by atoms with Crippen molar-refractivity contribution in [3.63, 3.8) is 0 Å². The van der Waals surface area contributed by atoms with E-state index in [4.69, 9.17) is 4.74 Å². The molecule has 0 radical (unpaired) electrons. The first-order valence-corrected chi connectivity index (χ1v) is 9.84. The number of likely N-dealkylation sites (tertiary alicyclic amines) is 1. The van der Waals surface area contributed by atoms with Crippen molar-refractivity contribution < 1.29 is 9.53 Å². The number of carbonyl (C=O) groups is 1. The molecule has 0 N–H and O–H groups in total. The van der Waals surface area contributed by atoms with Crippen LogP contribution in [0, 0.1) is 0 Å². The van der Waals surface area contributed by atoms with Crippen molar-refractivity contribution in [2.75, 3.05) is 31.1 Å². The Balaban J connectivity index is 1.31. The molecule has 4 rings (SSSR count). The van der Waals surface area contributed by atoms with Crippen LogP contribution in [0.3, 0.4) is 0 Å². The molecule has 2 aliphatic heterocycles. The predicted octanol–water partition coefficient (Wildman–Crippen LogP) is 2.69. The van der Waals surface area contributed by atoms with Gasteiger partial charge in [-0.25, -0.2) is 4.98 Å². The number of carbonyl (C=O) groups excluding carboxylic acids is 1. The third-order valence-corrected chi connectivity index (χ3v) is 5.27. The van der Waals surface area contributed by atoms with Crippen LogP contribution >= 0.6 is 0 Å². The number of pyridine rings is 2. The largest absolute Gasteiger partial charge is 0.485 e. The molecular weight excluding hydrogens is 340 g/mol. The summed E-state index contributed by atoms with van der Waals surface area (Å²) in [4.78, 5) is 25.5. The van der Waals surface area contributed by atoms with E-state index in [-0.39, 0.29) is 12.0 Å². The fraction of sp³-hybridized carbons (Fsp3) is 0.476. The molecule has 27 heavy (non-hydrogen) atoms. The molecule has 2 fully saturated rings. The molecule has 2 aliphatic rings. The van der Waals surface area contributed by atoms with E-state index in [0.29, 0.717) is 19.4 Å². The van der Waals surface area contributed by atoms with Gasteiger partial charge in [-0.15, -0.1) is 0 Å². The van der Waals surface area contributed by atoms with Crippen LogP contribution in [0.25, 0.3) is 0 Å². The number of hydrogen-bond donors (Lipinski definition) is 0. The Kier molecular flexibility index (Phi) is 5.51. The maximum atomic E-state index is 12.5. The number of ether oxygens (including phenoxy) is 1. The number of anilines is 1. The zero-order chi connectivity index (χ0) is 18.5. The molecule has 2 saturated heterocycles. The molecule has 0 saturated carbocycles. The summed E-state index contributed by atoms with van der Waals surface area (Å²) >= 11 is 0. The normalized spacial score (nSPS) is 19.5. The zero-order valence-electron chi connectivity index (χ0n) is 15.6. The maximum Gasteiger partial charge on any atom is 0.223 e. The van der Waals surface area contributed by atoms with Gasteiger partial charge in [0.1, 0.15) is 6.10 Å². The third-order valence-electron chi connectivity index (χ3n) is 5.27. The van der Waals surface area contributed by atoms with E-state index >= 15 is 0 Å². The summed E-state index contributed by atoms with van der Waals surface area (Å²) in [6, 6.07) is 9.72. The molecule has 1 amide bonds. The average molecular weight is 366 g/mol. The first-order chi connectivity index (χ1) is 13.3. The Labute approximate surface area is 160 Å². The number of rotatable bonds is 6. The monoisotopic (exact) mass is 366 g/mol. The van der Waals surface area contributed by atoms with Crippen molar-refractivity contribution in [2.24, 2.45) is 0 Å². The lowest BCUT2D eigenvalue weighted by Crippen LogP contribution is -2.31. The molecule has 142 valence electrons. The second kappa shape index (κ2) is 8.37. The standard InChI is InChI=1S/C21H26N4O2/c26-20(9-8-17-6-1-2-11-22-17)25-15-10-18(16-25)27-19-7-5-12-23-21(19)24-13-3-4-14-24/h1-2,5-7,11-12,18H,3-4,8-10,13-16H2. The molecule has 6 heteroatoms. The van der Waals surface area contributed by atoms with Crippen LogP contribution in [0.4, 0.5) is 5.82 Å². The van der Waals surface area contributed by atoms with E-state index in [9.17, 15) is 4.79 Å². The molecule has 0 bridgehead atoms. The van der Waals surface area contributed by atoms with Crippen molar-refractivity contribution in [3.8, 4) is 5.75 Å². The van der Waals surface area contributed by atoms with E-state index < -0.39 is 0 Å². The zero-order valence-corrected chi connectivity index (χ0v) is 15.6.